The van der Waals surface area contributed by atoms with Gasteiger partial charge in [0.05, 0.1) is 0 Å². The fourth-order valence-electron chi connectivity index (χ4n) is 0.812. The highest BCUT2D eigenvalue weighted by atomic mass is 79.9. The predicted molar refractivity (Wildman–Crippen MR) is 53.2 cm³/mol. The summed E-state index contributed by atoms with van der Waals surface area (Å²) in [6, 6.07) is 3.08. The maximum atomic E-state index is 10.7. The van der Waals surface area contributed by atoms with E-state index < -0.39 is 5.97 Å². The number of halogens is 1. The molecule has 0 aromatic carbocycles. The minimum atomic E-state index is -1.15. The van der Waals surface area contributed by atoms with Crippen molar-refractivity contribution in [1.82, 2.24) is 4.98 Å². The topological polar surface area (TPSA) is 59.4 Å². The minimum Gasteiger partial charge on any atom is -0.478 e. The predicted octanol–water partition coefficient (Wildman–Crippen LogP) is 1.55. The lowest BCUT2D eigenvalue weighted by Crippen LogP contribution is -2.06. The number of carbonyl (C=O) groups is 1. The number of nitrogens with zero attached hydrogens (tertiary/aromatic N) is 1. The summed E-state index contributed by atoms with van der Waals surface area (Å²) < 4.78 is 5.44. The summed E-state index contributed by atoms with van der Waals surface area (Å²) >= 11 is 3.06. The molecule has 0 bridgehead atoms. The van der Waals surface area contributed by atoms with Gasteiger partial charge in [-0.1, -0.05) is 5.92 Å². The van der Waals surface area contributed by atoms with Crippen LogP contribution in [0.3, 0.4) is 0 Å². The lowest BCUT2D eigenvalue weighted by Gasteiger charge is -2.05. The fraction of sp³-hybridized carbons (Fsp3) is 0.111. The van der Waals surface area contributed by atoms with Crippen molar-refractivity contribution < 1.29 is 14.6 Å². The average Bonchev–Trinajstić information content (AvgIpc) is 2.15. The van der Waals surface area contributed by atoms with Gasteiger partial charge in [0.15, 0.2) is 11.4 Å². The molecule has 0 aliphatic rings. The molecule has 0 radical (unpaired) electrons. The highest BCUT2D eigenvalue weighted by molar-refractivity contribution is 9.10. The second kappa shape index (κ2) is 4.63. The van der Waals surface area contributed by atoms with Gasteiger partial charge in [0.1, 0.15) is 11.2 Å². The molecule has 0 unspecified atom stereocenters. The Morgan fingerprint density at radius 3 is 3.00 bits per heavy atom. The summed E-state index contributed by atoms with van der Waals surface area (Å²) in [7, 11) is 0. The number of hydrogen-bond donors (Lipinski definition) is 1. The Hall–Kier alpha value is -1.54. The summed E-state index contributed by atoms with van der Waals surface area (Å²) in [5, 5.41) is 8.77. The van der Waals surface area contributed by atoms with E-state index in [1.807, 2.05) is 0 Å². The van der Waals surface area contributed by atoms with Crippen LogP contribution in [0, 0.1) is 12.3 Å². The zero-order chi connectivity index (χ0) is 10.6. The number of aromatic carboxylic acids is 1. The van der Waals surface area contributed by atoms with Gasteiger partial charge in [0.25, 0.3) is 0 Å². The van der Waals surface area contributed by atoms with Crippen molar-refractivity contribution in [2.24, 2.45) is 0 Å². The lowest BCUT2D eigenvalue weighted by molar-refractivity contribution is 0.0686. The molecule has 0 amide bonds. The molecule has 72 valence electrons. The van der Waals surface area contributed by atoms with Crippen LogP contribution in [0.25, 0.3) is 0 Å². The second-order valence-electron chi connectivity index (χ2n) is 2.28. The fourth-order valence-corrected chi connectivity index (χ4v) is 1.12. The third-order valence-electron chi connectivity index (χ3n) is 1.34. The first kappa shape index (κ1) is 10.5. The summed E-state index contributed by atoms with van der Waals surface area (Å²) in [6.07, 6.45) is 4.98. The quantitative estimate of drug-likeness (QED) is 0.658. The van der Waals surface area contributed by atoms with Gasteiger partial charge in [0, 0.05) is 0 Å². The standard InChI is InChI=1S/C9H6BrNO3/c1-2-5-14-6-3-4-7(10)11-8(6)9(12)13/h1,3-4H,5H2,(H,12,13). The molecule has 5 heteroatoms. The van der Waals surface area contributed by atoms with Crippen LogP contribution in [0.5, 0.6) is 5.75 Å². The zero-order valence-corrected chi connectivity index (χ0v) is 8.61. The lowest BCUT2D eigenvalue weighted by atomic mass is 10.3. The summed E-state index contributed by atoms with van der Waals surface area (Å²) in [5.41, 5.74) is -0.158. The first-order valence-corrected chi connectivity index (χ1v) is 4.40. The molecule has 0 atom stereocenters. The molecule has 0 aliphatic carbocycles. The molecule has 14 heavy (non-hydrogen) atoms. The van der Waals surface area contributed by atoms with Crippen molar-refractivity contribution in [1.29, 1.82) is 0 Å². The smallest absolute Gasteiger partial charge is 0.358 e. The van der Waals surface area contributed by atoms with Crippen molar-refractivity contribution >= 4 is 21.9 Å². The average molecular weight is 256 g/mol. The molecule has 1 aromatic rings. The minimum absolute atomic E-state index is 0.0175. The van der Waals surface area contributed by atoms with Gasteiger partial charge in [-0.25, -0.2) is 9.78 Å². The van der Waals surface area contributed by atoms with Gasteiger partial charge in [-0.2, -0.15) is 0 Å². The molecular formula is C9H6BrNO3. The second-order valence-corrected chi connectivity index (χ2v) is 3.09. The number of ether oxygens (including phenoxy) is 1. The molecule has 0 aliphatic heterocycles. The van der Waals surface area contributed by atoms with E-state index in [2.05, 4.69) is 26.8 Å². The number of aromatic nitrogens is 1. The number of terminal acetylenes is 1. The van der Waals surface area contributed by atoms with Crippen LogP contribution in [0.1, 0.15) is 10.5 Å². The van der Waals surface area contributed by atoms with Crippen LogP contribution < -0.4 is 4.74 Å². The van der Waals surface area contributed by atoms with Gasteiger partial charge in [-0.3, -0.25) is 0 Å². The Labute approximate surface area is 89.0 Å². The normalized spacial score (nSPS) is 9.14. The Bertz CT molecular complexity index is 398. The Balaban J connectivity index is 3.03. The molecule has 0 saturated carbocycles. The van der Waals surface area contributed by atoms with E-state index in [0.29, 0.717) is 4.60 Å². The van der Waals surface area contributed by atoms with Crippen LogP contribution in [-0.2, 0) is 0 Å². The van der Waals surface area contributed by atoms with Crippen LogP contribution in [-0.4, -0.2) is 22.7 Å². The number of rotatable bonds is 3. The van der Waals surface area contributed by atoms with Crippen molar-refractivity contribution in [3.8, 4) is 18.1 Å². The maximum Gasteiger partial charge on any atom is 0.358 e. The van der Waals surface area contributed by atoms with E-state index in [1.54, 1.807) is 6.07 Å². The molecule has 0 saturated heterocycles. The van der Waals surface area contributed by atoms with Gasteiger partial charge in [-0.15, -0.1) is 6.42 Å². The van der Waals surface area contributed by atoms with Crippen LogP contribution >= 0.6 is 15.9 Å². The highest BCUT2D eigenvalue weighted by Crippen LogP contribution is 2.19. The van der Waals surface area contributed by atoms with Crippen molar-refractivity contribution in [2.45, 2.75) is 0 Å². The molecule has 1 rings (SSSR count). The monoisotopic (exact) mass is 255 g/mol. The van der Waals surface area contributed by atoms with Crippen LogP contribution in [0.2, 0.25) is 0 Å². The summed E-state index contributed by atoms with van der Waals surface area (Å²) in [4.78, 5) is 14.5. The maximum absolute atomic E-state index is 10.7. The largest absolute Gasteiger partial charge is 0.478 e. The number of carboxylic acid groups (broad SMARTS) is 1. The first-order valence-electron chi connectivity index (χ1n) is 3.61. The molecule has 0 fully saturated rings. The summed E-state index contributed by atoms with van der Waals surface area (Å²) in [5.74, 6) is 1.25. The van der Waals surface area contributed by atoms with E-state index >= 15 is 0 Å². The first-order chi connectivity index (χ1) is 6.65. The molecule has 1 N–H and O–H groups in total. The molecule has 1 aromatic heterocycles. The number of hydrogen-bond acceptors (Lipinski definition) is 3. The van der Waals surface area contributed by atoms with Crippen LogP contribution in [0.4, 0.5) is 0 Å². The summed E-state index contributed by atoms with van der Waals surface area (Å²) in [6.45, 7) is 0.0175. The zero-order valence-electron chi connectivity index (χ0n) is 7.03. The highest BCUT2D eigenvalue weighted by Gasteiger charge is 2.13. The van der Waals surface area contributed by atoms with Gasteiger partial charge >= 0.3 is 5.97 Å². The van der Waals surface area contributed by atoms with E-state index in [-0.39, 0.29) is 18.1 Å². The van der Waals surface area contributed by atoms with Gasteiger partial charge in [-0.05, 0) is 28.1 Å². The van der Waals surface area contributed by atoms with Gasteiger partial charge < -0.3 is 9.84 Å². The number of carboxylic acids is 1. The van der Waals surface area contributed by atoms with E-state index in [1.165, 1.54) is 6.07 Å². The third-order valence-corrected chi connectivity index (χ3v) is 1.78. The molecule has 1 heterocycles. The van der Waals surface area contributed by atoms with Crippen molar-refractivity contribution in [3.63, 3.8) is 0 Å². The SMILES string of the molecule is C#CCOc1ccc(Br)nc1C(=O)O. The van der Waals surface area contributed by atoms with Crippen LogP contribution in [0.15, 0.2) is 16.7 Å². The third kappa shape index (κ3) is 2.47. The number of pyridine rings is 1. The molecular weight excluding hydrogens is 250 g/mol. The molecule has 0 spiro atoms. The molecule has 4 nitrogen and oxygen atoms in total. The van der Waals surface area contributed by atoms with E-state index in [9.17, 15) is 4.79 Å². The van der Waals surface area contributed by atoms with Crippen molar-refractivity contribution in [2.75, 3.05) is 6.61 Å². The van der Waals surface area contributed by atoms with E-state index in [0.717, 1.165) is 0 Å². The van der Waals surface area contributed by atoms with E-state index in [4.69, 9.17) is 16.3 Å². The van der Waals surface area contributed by atoms with Crippen molar-refractivity contribution in [3.05, 3.63) is 22.4 Å². The Kier molecular flexibility index (Phi) is 3.48. The Morgan fingerprint density at radius 2 is 2.43 bits per heavy atom. The Morgan fingerprint density at radius 1 is 1.71 bits per heavy atom. The van der Waals surface area contributed by atoms with Gasteiger partial charge in [0.2, 0.25) is 0 Å².